The van der Waals surface area contributed by atoms with Crippen molar-refractivity contribution in [1.29, 1.82) is 0 Å². The molecular formula is C78H108Cl2N2O3. The monoisotopic (exact) mass is 1190 g/mol. The molecule has 3 N–H and O–H groups in total. The average Bonchev–Trinajstić information content (AvgIpc) is 3.62. The van der Waals surface area contributed by atoms with Crippen molar-refractivity contribution in [2.45, 2.75) is 193 Å². The molecule has 0 atom stereocenters. The maximum atomic E-state index is 8.94. The van der Waals surface area contributed by atoms with E-state index in [0.717, 1.165) is 39.5 Å². The molecule has 7 aromatic carbocycles. The van der Waals surface area contributed by atoms with Gasteiger partial charge in [0.2, 0.25) is 0 Å². The minimum absolute atomic E-state index is 0.337. The number of phenolic OH excluding ortho intramolecular Hbond substituents is 1. The average molecular weight is 1190 g/mol. The van der Waals surface area contributed by atoms with Gasteiger partial charge in [-0.3, -0.25) is 4.98 Å². The highest BCUT2D eigenvalue weighted by Crippen LogP contribution is 2.26. The Bertz CT molecular complexity index is 2850. The first-order valence-corrected chi connectivity index (χ1v) is 31.3. The summed E-state index contributed by atoms with van der Waals surface area (Å²) >= 11 is 11.5. The zero-order chi connectivity index (χ0) is 64.3. The second-order valence-electron chi connectivity index (χ2n) is 23.9. The Kier molecular flexibility index (Phi) is 37.3. The zero-order valence-electron chi connectivity index (χ0n) is 56.1. The van der Waals surface area contributed by atoms with Gasteiger partial charge >= 0.3 is 0 Å². The summed E-state index contributed by atoms with van der Waals surface area (Å²) < 4.78 is 10.4. The van der Waals surface area contributed by atoms with Crippen LogP contribution < -0.4 is 15.2 Å². The summed E-state index contributed by atoms with van der Waals surface area (Å²) in [5, 5.41) is 10.6. The Labute approximate surface area is 527 Å². The third kappa shape index (κ3) is 32.5. The molecule has 0 saturated carbocycles. The zero-order valence-corrected chi connectivity index (χ0v) is 57.6. The van der Waals surface area contributed by atoms with Crippen molar-refractivity contribution in [3.05, 3.63) is 253 Å². The maximum absolute atomic E-state index is 8.94. The normalized spacial score (nSPS) is 10.4. The smallest absolute Gasteiger partial charge is 0.119 e. The van der Waals surface area contributed by atoms with Crippen molar-refractivity contribution >= 4 is 28.9 Å². The molecule has 0 aliphatic rings. The number of aromatic nitrogens is 1. The van der Waals surface area contributed by atoms with Gasteiger partial charge in [0.25, 0.3) is 0 Å². The molecule has 1 aromatic heterocycles. The Balaban J connectivity index is 0.000000486. The van der Waals surface area contributed by atoms with Gasteiger partial charge in [0.15, 0.2) is 0 Å². The minimum Gasteiger partial charge on any atom is -0.508 e. The molecule has 0 aliphatic carbocycles. The van der Waals surface area contributed by atoms with Gasteiger partial charge in [-0.2, -0.15) is 0 Å². The summed E-state index contributed by atoms with van der Waals surface area (Å²) in [5.74, 6) is 6.83. The van der Waals surface area contributed by atoms with Crippen LogP contribution in [0.4, 0.5) is 5.69 Å². The fourth-order valence-corrected chi connectivity index (χ4v) is 8.21. The van der Waals surface area contributed by atoms with Crippen LogP contribution in [-0.2, 0) is 0 Å². The minimum atomic E-state index is 0.337. The van der Waals surface area contributed by atoms with E-state index in [1.165, 1.54) is 61.3 Å². The number of anilines is 1. The summed E-state index contributed by atoms with van der Waals surface area (Å²) in [7, 11) is 1.69. The fraction of sp³-hybridized carbons (Fsp3) is 0.397. The molecule has 462 valence electrons. The molecule has 0 saturated heterocycles. The van der Waals surface area contributed by atoms with Crippen molar-refractivity contribution < 1.29 is 14.6 Å². The van der Waals surface area contributed by atoms with Crippen LogP contribution in [0.15, 0.2) is 176 Å². The number of pyridine rings is 1. The number of nitrogens with zero attached hydrogens (tertiary/aromatic N) is 1. The predicted molar refractivity (Wildman–Crippen MR) is 375 cm³/mol. The molecule has 0 radical (unpaired) electrons. The Morgan fingerprint density at radius 3 is 1.21 bits per heavy atom. The highest BCUT2D eigenvalue weighted by Gasteiger charge is 2.06. The quantitative estimate of drug-likeness (QED) is 0.126. The molecule has 7 heteroatoms. The van der Waals surface area contributed by atoms with E-state index in [4.69, 9.17) is 43.5 Å². The van der Waals surface area contributed by atoms with Gasteiger partial charge in [-0.25, -0.2) is 0 Å². The Hall–Kier alpha value is -6.53. The van der Waals surface area contributed by atoms with E-state index in [1.807, 2.05) is 86.6 Å². The molecule has 0 unspecified atom stereocenters. The molecule has 0 aliphatic heterocycles. The first kappa shape index (κ1) is 76.5. The van der Waals surface area contributed by atoms with Crippen LogP contribution >= 0.6 is 23.2 Å². The van der Waals surface area contributed by atoms with Crippen LogP contribution in [-0.4, -0.2) is 23.8 Å². The fourth-order valence-electron chi connectivity index (χ4n) is 7.89. The number of aromatic hydroxyl groups is 1. The molecule has 0 amide bonds. The first-order chi connectivity index (χ1) is 40.0. The van der Waals surface area contributed by atoms with Crippen LogP contribution in [0.25, 0.3) is 0 Å². The van der Waals surface area contributed by atoms with Gasteiger partial charge in [-0.15, -0.1) is 0 Å². The van der Waals surface area contributed by atoms with Crippen LogP contribution in [0.1, 0.15) is 232 Å². The van der Waals surface area contributed by atoms with Gasteiger partial charge in [-0.1, -0.05) is 237 Å². The topological polar surface area (TPSA) is 77.6 Å². The summed E-state index contributed by atoms with van der Waals surface area (Å²) in [4.78, 5) is 4.37. The number of ether oxygens (including phenoxy) is 2. The molecule has 8 aromatic rings. The second kappa shape index (κ2) is 41.5. The van der Waals surface area contributed by atoms with E-state index in [0.29, 0.717) is 53.1 Å². The standard InChI is InChI=1S/C11H17N.C11H16O.C10H14O.C10H14.2C9H11Cl.C9H13N.C9H12O/c1-7(2)10-5-8(3)9(4)6-11(10)12;1-4-12-11-7-5-10(6-8-11)9(2)3;1-8(2)9-5-4-6-10(7-9)11-3;1-8(2)10-6-4-9(3)5-7-10;1-7(2)8-3-5-9(10)6-4-8;1-7(2)8-4-3-5-9(10)6-8;1-7(2)9-6-4-5-8(3)10-9;1-7(2)8-3-5-9(10)6-4-8/h5-7H,12H2,1-4H3;5-9H,4H2,1-3H3;4-8H,1-3H3;4-8H,1-3H3;2*3-7H,1-2H3;4-7H,1-3H3;3-7,10H,1-2H3. The largest absolute Gasteiger partial charge is 0.508 e. The number of nitrogen functional groups attached to an aromatic ring is 1. The van der Waals surface area contributed by atoms with Crippen LogP contribution in [0, 0.1) is 27.7 Å². The lowest BCUT2D eigenvalue weighted by Crippen LogP contribution is -1.98. The highest BCUT2D eigenvalue weighted by molar-refractivity contribution is 6.30. The van der Waals surface area contributed by atoms with Crippen LogP contribution in [0.3, 0.4) is 0 Å². The molecular weight excluding hydrogens is 1080 g/mol. The Morgan fingerprint density at radius 2 is 0.824 bits per heavy atom. The number of rotatable bonds is 11. The lowest BCUT2D eigenvalue weighted by atomic mass is 9.96. The van der Waals surface area contributed by atoms with Gasteiger partial charge in [0.1, 0.15) is 17.2 Å². The van der Waals surface area contributed by atoms with Gasteiger partial charge in [-0.05, 0) is 211 Å². The number of hydrogen-bond acceptors (Lipinski definition) is 5. The number of aryl methyl sites for hydroxylation is 4. The van der Waals surface area contributed by atoms with Crippen LogP contribution in [0.2, 0.25) is 10.0 Å². The summed E-state index contributed by atoms with van der Waals surface area (Å²) in [6.45, 7) is 45.8. The van der Waals surface area contributed by atoms with Crippen molar-refractivity contribution in [2.75, 3.05) is 19.5 Å². The van der Waals surface area contributed by atoms with E-state index in [1.54, 1.807) is 19.2 Å². The molecule has 1 heterocycles. The van der Waals surface area contributed by atoms with Crippen LogP contribution in [0.5, 0.6) is 17.2 Å². The van der Waals surface area contributed by atoms with Crippen molar-refractivity contribution in [1.82, 2.24) is 4.98 Å². The Morgan fingerprint density at radius 1 is 0.412 bits per heavy atom. The predicted octanol–water partition coefficient (Wildman–Crippen LogP) is 24.1. The summed E-state index contributed by atoms with van der Waals surface area (Å²) in [6, 6.07) is 58.9. The van der Waals surface area contributed by atoms with E-state index < -0.39 is 0 Å². The number of methoxy groups -OCH3 is 1. The van der Waals surface area contributed by atoms with Crippen molar-refractivity contribution in [2.24, 2.45) is 0 Å². The third-order valence-electron chi connectivity index (χ3n) is 13.8. The SMILES string of the molecule is CC(C)c1ccc(Cl)cc1.CC(C)c1ccc(O)cc1.CC(C)c1cccc(Cl)c1.CCOc1ccc(C(C)C)cc1.COc1cccc(C(C)C)c1.Cc1cc(N)c(C(C)C)cc1C.Cc1ccc(C(C)C)cc1.Cc1cccc(C(C)C)n1. The van der Waals surface area contributed by atoms with E-state index in [2.05, 4.69) is 228 Å². The van der Waals surface area contributed by atoms with E-state index >= 15 is 0 Å². The lowest BCUT2D eigenvalue weighted by Gasteiger charge is -2.12. The summed E-state index contributed by atoms with van der Waals surface area (Å²) in [5.41, 5.74) is 22.3. The number of phenols is 1. The van der Waals surface area contributed by atoms with E-state index in [9.17, 15) is 0 Å². The third-order valence-corrected chi connectivity index (χ3v) is 14.3. The highest BCUT2D eigenvalue weighted by atomic mass is 35.5. The lowest BCUT2D eigenvalue weighted by molar-refractivity contribution is 0.340. The molecule has 85 heavy (non-hydrogen) atoms. The molecule has 0 spiro atoms. The van der Waals surface area contributed by atoms with Crippen molar-refractivity contribution in [3.8, 4) is 17.2 Å². The number of hydrogen-bond donors (Lipinski definition) is 2. The van der Waals surface area contributed by atoms with Gasteiger partial charge in [0, 0.05) is 27.1 Å². The molecule has 5 nitrogen and oxygen atoms in total. The van der Waals surface area contributed by atoms with Gasteiger partial charge < -0.3 is 20.3 Å². The van der Waals surface area contributed by atoms with Crippen molar-refractivity contribution in [3.63, 3.8) is 0 Å². The molecule has 0 bridgehead atoms. The van der Waals surface area contributed by atoms with E-state index in [-0.39, 0.29) is 0 Å². The number of halogens is 2. The summed E-state index contributed by atoms with van der Waals surface area (Å²) in [6.07, 6.45) is 0. The number of benzene rings is 7. The number of nitrogens with two attached hydrogens (primary N) is 1. The van der Waals surface area contributed by atoms with Gasteiger partial charge in [0.05, 0.1) is 13.7 Å². The molecule has 0 fully saturated rings. The first-order valence-electron chi connectivity index (χ1n) is 30.5. The second-order valence-corrected chi connectivity index (χ2v) is 24.8. The maximum Gasteiger partial charge on any atom is 0.119 e. The molecule has 8 rings (SSSR count).